The van der Waals surface area contributed by atoms with Crippen LogP contribution in [0.5, 0.6) is 0 Å². The van der Waals surface area contributed by atoms with E-state index in [1.165, 1.54) is 0 Å². The van der Waals surface area contributed by atoms with Gasteiger partial charge in [-0.1, -0.05) is 0 Å². The molecule has 0 aliphatic rings. The minimum absolute atomic E-state index is 0.0933. The van der Waals surface area contributed by atoms with E-state index in [1.54, 1.807) is 6.92 Å². The largest absolute Gasteiger partial charge is 0.459 e. The zero-order chi connectivity index (χ0) is 14.0. The van der Waals surface area contributed by atoms with Crippen LogP contribution in [-0.4, -0.2) is 22.8 Å². The number of aromatic nitrogens is 2. The highest BCUT2D eigenvalue weighted by molar-refractivity contribution is 5.84. The Morgan fingerprint density at radius 2 is 2.00 bits per heavy atom. The maximum absolute atomic E-state index is 13.4. The molecule has 0 atom stereocenters. The number of benzene rings is 1. The van der Waals surface area contributed by atoms with Gasteiger partial charge in [-0.15, -0.1) is 10.2 Å². The Labute approximate surface area is 105 Å². The lowest BCUT2D eigenvalue weighted by Crippen LogP contribution is -2.04. The van der Waals surface area contributed by atoms with Gasteiger partial charge in [-0.25, -0.2) is 18.0 Å². The van der Waals surface area contributed by atoms with Crippen LogP contribution in [0.15, 0.2) is 16.5 Å². The third-order valence-corrected chi connectivity index (χ3v) is 2.14. The van der Waals surface area contributed by atoms with E-state index in [9.17, 15) is 18.0 Å². The highest BCUT2D eigenvalue weighted by Crippen LogP contribution is 2.24. The summed E-state index contributed by atoms with van der Waals surface area (Å²) in [4.78, 5) is 11.2. The molecule has 5 nitrogen and oxygen atoms in total. The summed E-state index contributed by atoms with van der Waals surface area (Å²) >= 11 is 0. The van der Waals surface area contributed by atoms with Gasteiger partial charge in [0.1, 0.15) is 0 Å². The van der Waals surface area contributed by atoms with Gasteiger partial charge >= 0.3 is 11.9 Å². The van der Waals surface area contributed by atoms with Crippen molar-refractivity contribution in [2.24, 2.45) is 0 Å². The Balaban J connectivity index is 2.38. The molecule has 8 heteroatoms. The molecular formula is C11H7F3N2O3. The van der Waals surface area contributed by atoms with Crippen LogP contribution in [0.4, 0.5) is 13.2 Å². The van der Waals surface area contributed by atoms with Gasteiger partial charge in [-0.2, -0.15) is 0 Å². The van der Waals surface area contributed by atoms with E-state index in [-0.39, 0.29) is 6.61 Å². The lowest BCUT2D eigenvalue weighted by atomic mass is 10.2. The number of esters is 1. The number of carbonyl (C=O) groups excluding carboxylic acids is 1. The van der Waals surface area contributed by atoms with E-state index >= 15 is 0 Å². The zero-order valence-corrected chi connectivity index (χ0v) is 9.61. The normalized spacial score (nSPS) is 10.5. The fourth-order valence-electron chi connectivity index (χ4n) is 1.30. The summed E-state index contributed by atoms with van der Waals surface area (Å²) in [6.45, 7) is 1.67. The van der Waals surface area contributed by atoms with Gasteiger partial charge in [0.25, 0.3) is 5.89 Å². The third kappa shape index (κ3) is 2.42. The number of carbonyl (C=O) groups is 1. The SMILES string of the molecule is CCOC(=O)c1nnc(-c2ccc(F)c(F)c2F)o1. The molecular weight excluding hydrogens is 265 g/mol. The van der Waals surface area contributed by atoms with E-state index < -0.39 is 40.8 Å². The summed E-state index contributed by atoms with van der Waals surface area (Å²) < 4.78 is 48.7. The topological polar surface area (TPSA) is 65.2 Å². The van der Waals surface area contributed by atoms with Gasteiger partial charge in [0.05, 0.1) is 12.2 Å². The molecule has 0 amide bonds. The van der Waals surface area contributed by atoms with E-state index in [4.69, 9.17) is 4.42 Å². The third-order valence-electron chi connectivity index (χ3n) is 2.14. The minimum Gasteiger partial charge on any atom is -0.459 e. The maximum atomic E-state index is 13.4. The smallest absolute Gasteiger partial charge is 0.396 e. The summed E-state index contributed by atoms with van der Waals surface area (Å²) in [6.07, 6.45) is 0. The molecule has 0 aliphatic carbocycles. The van der Waals surface area contributed by atoms with Gasteiger partial charge in [-0.05, 0) is 19.1 Å². The van der Waals surface area contributed by atoms with Crippen molar-refractivity contribution in [2.45, 2.75) is 6.92 Å². The molecule has 0 aliphatic heterocycles. The lowest BCUT2D eigenvalue weighted by molar-refractivity contribution is 0.0481. The molecule has 2 rings (SSSR count). The molecule has 1 aromatic carbocycles. The van der Waals surface area contributed by atoms with Gasteiger partial charge in [0.2, 0.25) is 0 Å². The molecule has 0 saturated heterocycles. The van der Waals surface area contributed by atoms with Gasteiger partial charge in [0, 0.05) is 0 Å². The quantitative estimate of drug-likeness (QED) is 0.633. The van der Waals surface area contributed by atoms with Crippen LogP contribution in [0.25, 0.3) is 11.5 Å². The summed E-state index contributed by atoms with van der Waals surface area (Å²) in [6, 6.07) is 1.64. The second-order valence-corrected chi connectivity index (χ2v) is 3.36. The van der Waals surface area contributed by atoms with Crippen molar-refractivity contribution in [1.82, 2.24) is 10.2 Å². The molecule has 0 radical (unpaired) electrons. The number of halogens is 3. The Morgan fingerprint density at radius 1 is 1.26 bits per heavy atom. The van der Waals surface area contributed by atoms with Crippen LogP contribution in [-0.2, 0) is 4.74 Å². The molecule has 100 valence electrons. The summed E-state index contributed by atoms with van der Waals surface area (Å²) in [5, 5.41) is 6.70. The molecule has 1 heterocycles. The Hall–Kier alpha value is -2.38. The molecule has 0 unspecified atom stereocenters. The molecule has 0 saturated carbocycles. The summed E-state index contributed by atoms with van der Waals surface area (Å²) in [5.74, 6) is -6.30. The number of hydrogen-bond donors (Lipinski definition) is 0. The van der Waals surface area contributed by atoms with Crippen LogP contribution >= 0.6 is 0 Å². The molecule has 0 N–H and O–H groups in total. The predicted molar refractivity (Wildman–Crippen MR) is 55.6 cm³/mol. The average Bonchev–Trinajstić information content (AvgIpc) is 2.86. The second-order valence-electron chi connectivity index (χ2n) is 3.36. The van der Waals surface area contributed by atoms with Crippen molar-refractivity contribution >= 4 is 5.97 Å². The molecule has 0 bridgehead atoms. The van der Waals surface area contributed by atoms with E-state index in [2.05, 4.69) is 14.9 Å². The molecule has 1 aromatic heterocycles. The van der Waals surface area contributed by atoms with Gasteiger partial charge < -0.3 is 9.15 Å². The summed E-state index contributed by atoms with van der Waals surface area (Å²) in [5.41, 5.74) is -0.443. The minimum atomic E-state index is -1.66. The highest BCUT2D eigenvalue weighted by Gasteiger charge is 2.21. The Morgan fingerprint density at radius 3 is 2.68 bits per heavy atom. The predicted octanol–water partition coefficient (Wildman–Crippen LogP) is 2.33. The molecule has 0 spiro atoms. The van der Waals surface area contributed by atoms with Crippen LogP contribution in [0.2, 0.25) is 0 Å². The monoisotopic (exact) mass is 272 g/mol. The van der Waals surface area contributed by atoms with Crippen LogP contribution in [0, 0.1) is 17.5 Å². The first-order valence-corrected chi connectivity index (χ1v) is 5.19. The van der Waals surface area contributed by atoms with Crippen LogP contribution < -0.4 is 0 Å². The molecule has 2 aromatic rings. The Kier molecular flexibility index (Phi) is 3.50. The van der Waals surface area contributed by atoms with E-state index in [1.807, 2.05) is 0 Å². The number of hydrogen-bond acceptors (Lipinski definition) is 5. The zero-order valence-electron chi connectivity index (χ0n) is 9.61. The van der Waals surface area contributed by atoms with Crippen LogP contribution in [0.3, 0.4) is 0 Å². The van der Waals surface area contributed by atoms with E-state index in [0.717, 1.165) is 6.07 Å². The molecule has 19 heavy (non-hydrogen) atoms. The Bertz CT molecular complexity index is 628. The standard InChI is InChI=1S/C11H7F3N2O3/c1-2-18-11(17)10-16-15-9(19-10)5-3-4-6(12)8(14)7(5)13/h3-4H,2H2,1H3. The van der Waals surface area contributed by atoms with Crippen molar-refractivity contribution < 1.29 is 27.1 Å². The first-order chi connectivity index (χ1) is 9.04. The second kappa shape index (κ2) is 5.09. The van der Waals surface area contributed by atoms with Gasteiger partial charge in [0.15, 0.2) is 17.5 Å². The van der Waals surface area contributed by atoms with Crippen molar-refractivity contribution in [1.29, 1.82) is 0 Å². The average molecular weight is 272 g/mol. The van der Waals surface area contributed by atoms with Crippen molar-refractivity contribution in [3.63, 3.8) is 0 Å². The highest BCUT2D eigenvalue weighted by atomic mass is 19.2. The maximum Gasteiger partial charge on any atom is 0.396 e. The number of nitrogens with zero attached hydrogens (tertiary/aromatic N) is 2. The lowest BCUT2D eigenvalue weighted by Gasteiger charge is -1.99. The summed E-state index contributed by atoms with van der Waals surface area (Å²) in [7, 11) is 0. The van der Waals surface area contributed by atoms with Crippen molar-refractivity contribution in [2.75, 3.05) is 6.61 Å². The van der Waals surface area contributed by atoms with Crippen LogP contribution in [0.1, 0.15) is 17.6 Å². The number of rotatable bonds is 3. The van der Waals surface area contributed by atoms with Crippen molar-refractivity contribution in [3.05, 3.63) is 35.5 Å². The fourth-order valence-corrected chi connectivity index (χ4v) is 1.30. The molecule has 0 fully saturated rings. The first kappa shape index (κ1) is 13.1. The number of ether oxygens (including phenoxy) is 1. The van der Waals surface area contributed by atoms with E-state index in [0.29, 0.717) is 6.07 Å². The van der Waals surface area contributed by atoms with Gasteiger partial charge in [-0.3, -0.25) is 0 Å². The fraction of sp³-hybridized carbons (Fsp3) is 0.182. The van der Waals surface area contributed by atoms with Crippen molar-refractivity contribution in [3.8, 4) is 11.5 Å². The first-order valence-electron chi connectivity index (χ1n) is 5.19.